The van der Waals surface area contributed by atoms with Gasteiger partial charge in [0.2, 0.25) is 0 Å². The van der Waals surface area contributed by atoms with Gasteiger partial charge in [-0.25, -0.2) is 0 Å². The number of ether oxygens (including phenoxy) is 2. The molecule has 162 valence electrons. The van der Waals surface area contributed by atoms with Crippen molar-refractivity contribution in [2.24, 2.45) is 5.73 Å². The summed E-state index contributed by atoms with van der Waals surface area (Å²) in [5, 5.41) is 11.3. The topological polar surface area (TPSA) is 114 Å². The van der Waals surface area contributed by atoms with Crippen molar-refractivity contribution in [2.45, 2.75) is 13.1 Å². The molecule has 0 heterocycles. The minimum Gasteiger partial charge on any atom is -0.490 e. The second kappa shape index (κ2) is 10.2. The molecule has 0 aliphatic heterocycles. The van der Waals surface area contributed by atoms with Gasteiger partial charge in [-0.15, -0.1) is 0 Å². The minimum atomic E-state index is -4.53. The summed E-state index contributed by atoms with van der Waals surface area (Å²) in [4.78, 5) is 23.3. The second-order valence-electron chi connectivity index (χ2n) is 6.09. The molecule has 2 rings (SSSR count). The molecule has 0 spiro atoms. The summed E-state index contributed by atoms with van der Waals surface area (Å²) in [6.07, 6.45) is -3.26. The van der Waals surface area contributed by atoms with E-state index < -0.39 is 30.2 Å². The third-order valence-electron chi connectivity index (χ3n) is 3.80. The molecule has 2 aromatic carbocycles. The maximum atomic E-state index is 12.8. The SMILES string of the molecule is CCOc1cc(/C=C(\C#N)C(N)=O)ccc1OCC(=O)Nc1cccc(C(F)(F)F)c1. The summed E-state index contributed by atoms with van der Waals surface area (Å²) >= 11 is 0. The van der Waals surface area contributed by atoms with Crippen LogP contribution in [0.3, 0.4) is 0 Å². The first kappa shape index (κ1) is 23.3. The number of anilines is 1. The Balaban J connectivity index is 2.11. The number of carbonyl (C=O) groups is 2. The summed E-state index contributed by atoms with van der Waals surface area (Å²) in [7, 11) is 0. The van der Waals surface area contributed by atoms with Gasteiger partial charge in [-0.1, -0.05) is 12.1 Å². The van der Waals surface area contributed by atoms with Crippen molar-refractivity contribution >= 4 is 23.6 Å². The summed E-state index contributed by atoms with van der Waals surface area (Å²) in [5.41, 5.74) is 4.39. The normalized spacial score (nSPS) is 11.4. The number of nitrogens with zero attached hydrogens (tertiary/aromatic N) is 1. The number of amides is 2. The molecule has 0 saturated heterocycles. The van der Waals surface area contributed by atoms with E-state index in [1.807, 2.05) is 0 Å². The molecular formula is C21H18F3N3O4. The van der Waals surface area contributed by atoms with E-state index in [0.717, 1.165) is 12.1 Å². The van der Waals surface area contributed by atoms with E-state index in [0.29, 0.717) is 5.56 Å². The van der Waals surface area contributed by atoms with E-state index in [9.17, 15) is 22.8 Å². The van der Waals surface area contributed by atoms with Crippen LogP contribution in [0.4, 0.5) is 18.9 Å². The molecule has 7 nitrogen and oxygen atoms in total. The van der Waals surface area contributed by atoms with Crippen LogP contribution < -0.4 is 20.5 Å². The summed E-state index contributed by atoms with van der Waals surface area (Å²) < 4.78 is 49.2. The monoisotopic (exact) mass is 433 g/mol. The Morgan fingerprint density at radius 2 is 1.90 bits per heavy atom. The highest BCUT2D eigenvalue weighted by atomic mass is 19.4. The number of primary amides is 1. The summed E-state index contributed by atoms with van der Waals surface area (Å²) in [6.45, 7) is 1.49. The Morgan fingerprint density at radius 3 is 2.52 bits per heavy atom. The minimum absolute atomic E-state index is 0.0237. The van der Waals surface area contributed by atoms with Crippen molar-refractivity contribution < 1.29 is 32.2 Å². The molecule has 0 saturated carbocycles. The zero-order chi connectivity index (χ0) is 23.0. The third kappa shape index (κ3) is 6.78. The Bertz CT molecular complexity index is 1040. The number of alkyl halides is 3. The molecule has 0 aliphatic carbocycles. The average molecular weight is 433 g/mol. The van der Waals surface area contributed by atoms with Crippen LogP contribution in [0.25, 0.3) is 6.08 Å². The van der Waals surface area contributed by atoms with Crippen LogP contribution in [0.2, 0.25) is 0 Å². The van der Waals surface area contributed by atoms with Crippen molar-refractivity contribution in [3.8, 4) is 17.6 Å². The number of hydrogen-bond donors (Lipinski definition) is 2. The number of nitrogens with two attached hydrogens (primary N) is 1. The highest BCUT2D eigenvalue weighted by Gasteiger charge is 2.30. The maximum absolute atomic E-state index is 12.8. The quantitative estimate of drug-likeness (QED) is 0.488. The number of nitrogens with one attached hydrogen (secondary N) is 1. The molecule has 2 amide bonds. The molecule has 0 bridgehead atoms. The third-order valence-corrected chi connectivity index (χ3v) is 3.80. The molecule has 2 aromatic rings. The lowest BCUT2D eigenvalue weighted by atomic mass is 10.1. The number of nitriles is 1. The first-order chi connectivity index (χ1) is 14.6. The van der Waals surface area contributed by atoms with Gasteiger partial charge < -0.3 is 20.5 Å². The van der Waals surface area contributed by atoms with Crippen LogP contribution in [0, 0.1) is 11.3 Å². The molecule has 0 fully saturated rings. The lowest BCUT2D eigenvalue weighted by Gasteiger charge is -2.13. The summed E-state index contributed by atoms with van der Waals surface area (Å²) in [6, 6.07) is 10.4. The maximum Gasteiger partial charge on any atom is 0.416 e. The first-order valence-electron chi connectivity index (χ1n) is 8.92. The van der Waals surface area contributed by atoms with Crippen LogP contribution in [0.5, 0.6) is 11.5 Å². The lowest BCUT2D eigenvalue weighted by molar-refractivity contribution is -0.137. The zero-order valence-corrected chi connectivity index (χ0v) is 16.3. The smallest absolute Gasteiger partial charge is 0.416 e. The van der Waals surface area contributed by atoms with Gasteiger partial charge in [0.25, 0.3) is 11.8 Å². The van der Waals surface area contributed by atoms with Gasteiger partial charge in [-0.05, 0) is 48.9 Å². The molecular weight excluding hydrogens is 415 g/mol. The van der Waals surface area contributed by atoms with E-state index in [4.69, 9.17) is 20.5 Å². The van der Waals surface area contributed by atoms with E-state index in [2.05, 4.69) is 5.32 Å². The van der Waals surface area contributed by atoms with E-state index in [1.165, 1.54) is 36.4 Å². The van der Waals surface area contributed by atoms with Gasteiger partial charge in [-0.2, -0.15) is 18.4 Å². The first-order valence-corrected chi connectivity index (χ1v) is 8.92. The highest BCUT2D eigenvalue weighted by molar-refractivity contribution is 6.00. The fraction of sp³-hybridized carbons (Fsp3) is 0.190. The zero-order valence-electron chi connectivity index (χ0n) is 16.3. The van der Waals surface area contributed by atoms with Gasteiger partial charge >= 0.3 is 6.18 Å². The van der Waals surface area contributed by atoms with Crippen LogP contribution in [-0.2, 0) is 15.8 Å². The Morgan fingerprint density at radius 1 is 1.16 bits per heavy atom. The average Bonchev–Trinajstić information content (AvgIpc) is 2.71. The van der Waals surface area contributed by atoms with Crippen LogP contribution >= 0.6 is 0 Å². The number of benzene rings is 2. The Labute approximate surface area is 175 Å². The fourth-order valence-electron chi connectivity index (χ4n) is 2.44. The van der Waals surface area contributed by atoms with Gasteiger partial charge in [0.15, 0.2) is 18.1 Å². The molecule has 3 N–H and O–H groups in total. The molecule has 0 unspecified atom stereocenters. The van der Waals surface area contributed by atoms with Crippen LogP contribution in [0.15, 0.2) is 48.0 Å². The largest absolute Gasteiger partial charge is 0.490 e. The van der Waals surface area contributed by atoms with Crippen LogP contribution in [0.1, 0.15) is 18.1 Å². The van der Waals surface area contributed by atoms with E-state index in [-0.39, 0.29) is 29.4 Å². The fourth-order valence-corrected chi connectivity index (χ4v) is 2.44. The number of rotatable bonds is 8. The standard InChI is InChI=1S/C21H18F3N3O4/c1-2-30-18-9-13(8-14(11-25)20(26)29)6-7-17(18)31-12-19(28)27-16-5-3-4-15(10-16)21(22,23)24/h3-10H,2,12H2,1H3,(H2,26,29)(H,27,28)/b14-8+. The summed E-state index contributed by atoms with van der Waals surface area (Å²) in [5.74, 6) is -1.13. The van der Waals surface area contributed by atoms with Crippen molar-refractivity contribution in [1.82, 2.24) is 0 Å². The molecule has 0 aliphatic rings. The second-order valence-corrected chi connectivity index (χ2v) is 6.09. The molecule has 0 aromatic heterocycles. The van der Waals surface area contributed by atoms with Crippen molar-refractivity contribution in [2.75, 3.05) is 18.5 Å². The number of hydrogen-bond acceptors (Lipinski definition) is 5. The van der Waals surface area contributed by atoms with Crippen molar-refractivity contribution in [3.63, 3.8) is 0 Å². The van der Waals surface area contributed by atoms with E-state index >= 15 is 0 Å². The molecule has 10 heteroatoms. The number of halogens is 3. The van der Waals surface area contributed by atoms with Gasteiger partial charge in [0.05, 0.1) is 12.2 Å². The molecule has 31 heavy (non-hydrogen) atoms. The van der Waals surface area contributed by atoms with Gasteiger partial charge in [0, 0.05) is 5.69 Å². The Hall–Kier alpha value is -4.00. The Kier molecular flexibility index (Phi) is 7.63. The molecule has 0 radical (unpaired) electrons. The number of carbonyl (C=O) groups excluding carboxylic acids is 2. The highest BCUT2D eigenvalue weighted by Crippen LogP contribution is 2.31. The van der Waals surface area contributed by atoms with Crippen molar-refractivity contribution in [3.05, 3.63) is 59.2 Å². The lowest BCUT2D eigenvalue weighted by Crippen LogP contribution is -2.20. The molecule has 0 atom stereocenters. The predicted octanol–water partition coefficient (Wildman–Crippen LogP) is 3.51. The van der Waals surface area contributed by atoms with Crippen LogP contribution in [-0.4, -0.2) is 25.0 Å². The van der Waals surface area contributed by atoms with Gasteiger partial charge in [0.1, 0.15) is 11.6 Å². The van der Waals surface area contributed by atoms with Gasteiger partial charge in [-0.3, -0.25) is 9.59 Å². The van der Waals surface area contributed by atoms with Crippen molar-refractivity contribution in [1.29, 1.82) is 5.26 Å². The van der Waals surface area contributed by atoms with E-state index in [1.54, 1.807) is 13.0 Å². The predicted molar refractivity (Wildman–Crippen MR) is 106 cm³/mol.